The number of carbonyl (C=O) groups is 3. The van der Waals surface area contributed by atoms with E-state index in [-0.39, 0.29) is 31.9 Å². The first-order valence-electron chi connectivity index (χ1n) is 11.4. The lowest BCUT2D eigenvalue weighted by atomic mass is 10.00. The zero-order chi connectivity index (χ0) is 27.9. The van der Waals surface area contributed by atoms with Gasteiger partial charge < -0.3 is 4.18 Å². The molecule has 4 amide bonds. The third-order valence-corrected chi connectivity index (χ3v) is 7.98. The third-order valence-electron chi connectivity index (χ3n) is 5.99. The molecule has 1 saturated heterocycles. The van der Waals surface area contributed by atoms with Crippen molar-refractivity contribution in [1.29, 1.82) is 0 Å². The lowest BCUT2D eigenvalue weighted by Gasteiger charge is -2.26. The van der Waals surface area contributed by atoms with Crippen molar-refractivity contribution in [3.8, 4) is 5.75 Å². The van der Waals surface area contributed by atoms with E-state index in [0.717, 1.165) is 10.5 Å². The molecular formula is C28H18Cl2N2O6S. The number of hydrogen-bond donors (Lipinski definition) is 1. The van der Waals surface area contributed by atoms with E-state index in [2.05, 4.69) is 5.32 Å². The molecule has 1 heterocycles. The molecule has 1 aliphatic heterocycles. The van der Waals surface area contributed by atoms with Gasteiger partial charge >= 0.3 is 16.1 Å². The molecule has 39 heavy (non-hydrogen) atoms. The topological polar surface area (TPSA) is 110 Å². The summed E-state index contributed by atoms with van der Waals surface area (Å²) in [6, 6.07) is 19.3. The van der Waals surface area contributed by atoms with Crippen molar-refractivity contribution in [2.24, 2.45) is 0 Å². The molecule has 1 aliphatic rings. The number of benzene rings is 4. The van der Waals surface area contributed by atoms with E-state index in [1.807, 2.05) is 6.92 Å². The molecule has 4 aromatic rings. The van der Waals surface area contributed by atoms with E-state index in [1.54, 1.807) is 42.5 Å². The maximum Gasteiger partial charge on any atom is 0.339 e. The van der Waals surface area contributed by atoms with E-state index in [9.17, 15) is 22.8 Å². The van der Waals surface area contributed by atoms with Crippen LogP contribution in [-0.2, 0) is 19.7 Å². The second-order valence-electron chi connectivity index (χ2n) is 8.61. The average Bonchev–Trinajstić information content (AvgIpc) is 2.89. The van der Waals surface area contributed by atoms with E-state index in [1.165, 1.54) is 42.5 Å². The highest BCUT2D eigenvalue weighted by atomic mass is 35.5. The standard InChI is InChI=1S/C28H18Cl2N2O6S/c1-16-6-10-19(11-7-16)39(36,37)38-25-13-8-17-4-2-3-5-20(17)21(25)15-22-26(33)31-28(35)32(27(22)34)18-9-12-23(29)24(30)14-18/h2-15H,1H3,(H,31,33,35)/b22-15+. The van der Waals surface area contributed by atoms with Crippen LogP contribution in [0.1, 0.15) is 11.1 Å². The summed E-state index contributed by atoms with van der Waals surface area (Å²) in [7, 11) is -4.27. The fraction of sp³-hybridized carbons (Fsp3) is 0.0357. The summed E-state index contributed by atoms with van der Waals surface area (Å²) in [6.07, 6.45) is 1.21. The lowest BCUT2D eigenvalue weighted by molar-refractivity contribution is -0.122. The molecule has 1 fully saturated rings. The maximum atomic E-state index is 13.5. The number of rotatable bonds is 5. The van der Waals surface area contributed by atoms with Crippen LogP contribution in [0, 0.1) is 6.92 Å². The van der Waals surface area contributed by atoms with E-state index in [4.69, 9.17) is 27.4 Å². The van der Waals surface area contributed by atoms with Gasteiger partial charge in [-0.2, -0.15) is 8.42 Å². The van der Waals surface area contributed by atoms with Gasteiger partial charge in [-0.25, -0.2) is 9.69 Å². The van der Waals surface area contributed by atoms with Crippen molar-refractivity contribution in [1.82, 2.24) is 5.32 Å². The Bertz CT molecular complexity index is 1820. The highest BCUT2D eigenvalue weighted by molar-refractivity contribution is 7.87. The van der Waals surface area contributed by atoms with Crippen molar-refractivity contribution in [3.63, 3.8) is 0 Å². The largest absolute Gasteiger partial charge is 0.378 e. The zero-order valence-corrected chi connectivity index (χ0v) is 22.5. The number of amides is 4. The monoisotopic (exact) mass is 580 g/mol. The first kappa shape index (κ1) is 26.4. The number of fused-ring (bicyclic) bond motifs is 1. The molecule has 0 aromatic heterocycles. The fourth-order valence-corrected chi connectivity index (χ4v) is 5.27. The van der Waals surface area contributed by atoms with Crippen LogP contribution in [0.25, 0.3) is 16.8 Å². The minimum atomic E-state index is -4.27. The summed E-state index contributed by atoms with van der Waals surface area (Å²) in [5.74, 6) is -2.01. The normalized spacial score (nSPS) is 15.1. The quantitative estimate of drug-likeness (QED) is 0.179. The highest BCUT2D eigenvalue weighted by Gasteiger charge is 2.37. The Hall–Kier alpha value is -4.18. The van der Waals surface area contributed by atoms with Gasteiger partial charge in [0, 0.05) is 5.56 Å². The summed E-state index contributed by atoms with van der Waals surface area (Å²) in [6.45, 7) is 1.82. The third kappa shape index (κ3) is 5.12. The Morgan fingerprint density at radius 3 is 2.31 bits per heavy atom. The molecule has 0 spiro atoms. The molecular weight excluding hydrogens is 563 g/mol. The van der Waals surface area contributed by atoms with Crippen LogP contribution >= 0.6 is 23.2 Å². The first-order valence-corrected chi connectivity index (χ1v) is 13.6. The number of anilines is 1. The number of aryl methyl sites for hydroxylation is 1. The van der Waals surface area contributed by atoms with Gasteiger partial charge in [-0.05, 0) is 60.2 Å². The average molecular weight is 581 g/mol. The molecule has 8 nitrogen and oxygen atoms in total. The second kappa shape index (κ2) is 10.2. The Kier molecular flexibility index (Phi) is 6.90. The molecule has 0 aliphatic carbocycles. The summed E-state index contributed by atoms with van der Waals surface area (Å²) in [4.78, 5) is 39.6. The predicted octanol–water partition coefficient (Wildman–Crippen LogP) is 5.89. The summed E-state index contributed by atoms with van der Waals surface area (Å²) in [5, 5.41) is 3.66. The van der Waals surface area contributed by atoms with Gasteiger partial charge in [0.1, 0.15) is 10.5 Å². The van der Waals surface area contributed by atoms with Gasteiger partial charge in [0.25, 0.3) is 11.8 Å². The molecule has 0 radical (unpaired) electrons. The zero-order valence-electron chi connectivity index (χ0n) is 20.1. The van der Waals surface area contributed by atoms with Gasteiger partial charge in [-0.1, -0.05) is 71.2 Å². The van der Waals surface area contributed by atoms with Crippen molar-refractivity contribution < 1.29 is 27.0 Å². The van der Waals surface area contributed by atoms with Crippen LogP contribution in [0.2, 0.25) is 10.0 Å². The maximum absolute atomic E-state index is 13.5. The highest BCUT2D eigenvalue weighted by Crippen LogP contribution is 2.34. The number of carbonyl (C=O) groups excluding carboxylic acids is 3. The van der Waals surface area contributed by atoms with Gasteiger partial charge in [0.15, 0.2) is 5.75 Å². The molecule has 11 heteroatoms. The number of nitrogens with one attached hydrogen (secondary N) is 1. The van der Waals surface area contributed by atoms with Crippen LogP contribution in [0.5, 0.6) is 5.75 Å². The molecule has 0 unspecified atom stereocenters. The number of barbiturate groups is 1. The van der Waals surface area contributed by atoms with E-state index in [0.29, 0.717) is 10.8 Å². The van der Waals surface area contributed by atoms with Crippen LogP contribution in [0.4, 0.5) is 10.5 Å². The smallest absolute Gasteiger partial charge is 0.339 e. The Morgan fingerprint density at radius 2 is 1.59 bits per heavy atom. The van der Waals surface area contributed by atoms with Crippen LogP contribution in [0.3, 0.4) is 0 Å². The van der Waals surface area contributed by atoms with Gasteiger partial charge in [-0.3, -0.25) is 14.9 Å². The van der Waals surface area contributed by atoms with Crippen molar-refractivity contribution in [2.75, 3.05) is 4.90 Å². The van der Waals surface area contributed by atoms with Crippen molar-refractivity contribution >= 4 is 73.7 Å². The number of urea groups is 1. The number of imide groups is 2. The molecule has 0 atom stereocenters. The van der Waals surface area contributed by atoms with E-state index < -0.39 is 33.5 Å². The fourth-order valence-electron chi connectivity index (χ4n) is 4.03. The molecule has 0 bridgehead atoms. The molecule has 4 aromatic carbocycles. The summed E-state index contributed by atoms with van der Waals surface area (Å²) in [5.41, 5.74) is 0.690. The number of nitrogens with zero attached hydrogens (tertiary/aromatic N) is 1. The second-order valence-corrected chi connectivity index (χ2v) is 11.0. The van der Waals surface area contributed by atoms with Gasteiger partial charge in [-0.15, -0.1) is 0 Å². The molecule has 0 saturated carbocycles. The van der Waals surface area contributed by atoms with Gasteiger partial charge in [0.05, 0.1) is 15.7 Å². The first-order chi connectivity index (χ1) is 18.5. The van der Waals surface area contributed by atoms with Gasteiger partial charge in [0.2, 0.25) is 0 Å². The lowest BCUT2D eigenvalue weighted by Crippen LogP contribution is -2.54. The summed E-state index contributed by atoms with van der Waals surface area (Å²) >= 11 is 12.0. The number of halogens is 2. The SMILES string of the molecule is Cc1ccc(S(=O)(=O)Oc2ccc3ccccc3c2/C=C2\C(=O)NC(=O)N(c3ccc(Cl)c(Cl)c3)C2=O)cc1. The molecule has 5 rings (SSSR count). The molecule has 196 valence electrons. The van der Waals surface area contributed by atoms with Crippen molar-refractivity contribution in [3.05, 3.63) is 106 Å². The summed E-state index contributed by atoms with van der Waals surface area (Å²) < 4.78 is 31.7. The Balaban J connectivity index is 1.64. The van der Waals surface area contributed by atoms with Crippen molar-refractivity contribution in [2.45, 2.75) is 11.8 Å². The number of hydrogen-bond acceptors (Lipinski definition) is 6. The van der Waals surface area contributed by atoms with Crippen LogP contribution in [-0.4, -0.2) is 26.3 Å². The molecule has 1 N–H and O–H groups in total. The van der Waals surface area contributed by atoms with Crippen LogP contribution in [0.15, 0.2) is 89.3 Å². The van der Waals surface area contributed by atoms with Crippen LogP contribution < -0.4 is 14.4 Å². The predicted molar refractivity (Wildman–Crippen MR) is 148 cm³/mol. The Labute approximate surface area is 233 Å². The van der Waals surface area contributed by atoms with E-state index >= 15 is 0 Å². The minimum Gasteiger partial charge on any atom is -0.378 e. The minimum absolute atomic E-state index is 0.0669. The Morgan fingerprint density at radius 1 is 0.872 bits per heavy atom.